The molecule has 0 radical (unpaired) electrons. The van der Waals surface area contributed by atoms with Gasteiger partial charge in [-0.2, -0.15) is 0 Å². The second kappa shape index (κ2) is 5.35. The Balaban J connectivity index is 2.09. The minimum Gasteiger partial charge on any atom is -0.326 e. The van der Waals surface area contributed by atoms with Crippen LogP contribution in [-0.2, 0) is 23.0 Å². The molecule has 0 unspecified atom stereocenters. The Kier molecular flexibility index (Phi) is 3.81. The first-order valence-corrected chi connectivity index (χ1v) is 9.28. The van der Waals surface area contributed by atoms with Gasteiger partial charge in [-0.1, -0.05) is 6.07 Å². The van der Waals surface area contributed by atoms with Gasteiger partial charge >= 0.3 is 0 Å². The Labute approximate surface area is 134 Å². The lowest BCUT2D eigenvalue weighted by Gasteiger charge is -2.19. The summed E-state index contributed by atoms with van der Waals surface area (Å²) in [4.78, 5) is 0.962. The first-order valence-electron chi connectivity index (χ1n) is 6.23. The first kappa shape index (κ1) is 15.0. The van der Waals surface area contributed by atoms with Crippen molar-refractivity contribution in [1.82, 2.24) is 0 Å². The van der Waals surface area contributed by atoms with Crippen LogP contribution in [0.5, 0.6) is 0 Å². The summed E-state index contributed by atoms with van der Waals surface area (Å²) in [6.07, 6.45) is 0.584. The summed E-state index contributed by atoms with van der Waals surface area (Å²) in [5.74, 6) is -0.442. The zero-order chi connectivity index (χ0) is 15.2. The van der Waals surface area contributed by atoms with E-state index in [9.17, 15) is 12.8 Å². The number of hydrogen-bond acceptors (Lipinski definition) is 4. The minimum absolute atomic E-state index is 0.185. The van der Waals surface area contributed by atoms with Gasteiger partial charge in [0, 0.05) is 18.0 Å². The van der Waals surface area contributed by atoms with Gasteiger partial charge in [-0.15, -0.1) is 11.3 Å². The highest BCUT2D eigenvalue weighted by atomic mass is 79.9. The number of halogens is 2. The molecular formula is C13H12BrFN2O2S2. The number of rotatable bonds is 3. The van der Waals surface area contributed by atoms with E-state index >= 15 is 0 Å². The van der Waals surface area contributed by atoms with E-state index in [0.29, 0.717) is 22.4 Å². The zero-order valence-electron chi connectivity index (χ0n) is 10.8. The lowest BCUT2D eigenvalue weighted by atomic mass is 10.2. The molecule has 0 saturated carbocycles. The molecule has 0 atom stereocenters. The molecular weight excluding hydrogens is 379 g/mol. The largest absolute Gasteiger partial charge is 0.326 e. The fraction of sp³-hybridized carbons (Fsp3) is 0.231. The van der Waals surface area contributed by atoms with E-state index in [1.54, 1.807) is 12.1 Å². The topological polar surface area (TPSA) is 63.4 Å². The third kappa shape index (κ3) is 2.50. The highest BCUT2D eigenvalue weighted by molar-refractivity contribution is 9.11. The molecule has 1 aliphatic rings. The molecule has 2 aromatic rings. The lowest BCUT2D eigenvalue weighted by molar-refractivity contribution is 0.592. The van der Waals surface area contributed by atoms with Gasteiger partial charge in [0.25, 0.3) is 10.0 Å². The van der Waals surface area contributed by atoms with E-state index in [2.05, 4.69) is 15.9 Å². The monoisotopic (exact) mass is 390 g/mol. The molecule has 0 fully saturated rings. The van der Waals surface area contributed by atoms with Crippen LogP contribution in [0.3, 0.4) is 0 Å². The maximum absolute atomic E-state index is 13.4. The van der Waals surface area contributed by atoms with Gasteiger partial charge in [0.1, 0.15) is 10.7 Å². The highest BCUT2D eigenvalue weighted by Gasteiger charge is 2.33. The van der Waals surface area contributed by atoms with E-state index in [0.717, 1.165) is 10.4 Å². The maximum Gasteiger partial charge on any atom is 0.266 e. The van der Waals surface area contributed by atoms with E-state index in [1.807, 2.05) is 0 Å². The normalized spacial score (nSPS) is 14.5. The van der Waals surface area contributed by atoms with Crippen molar-refractivity contribution in [2.45, 2.75) is 17.9 Å². The fourth-order valence-corrected chi connectivity index (χ4v) is 6.37. The van der Waals surface area contributed by atoms with Gasteiger partial charge < -0.3 is 5.73 Å². The Morgan fingerprint density at radius 1 is 1.38 bits per heavy atom. The molecule has 2 heterocycles. The number of nitrogens with two attached hydrogens (primary N) is 1. The number of fused-ring (bicyclic) bond motifs is 1. The Hall–Kier alpha value is -0.960. The van der Waals surface area contributed by atoms with Crippen LogP contribution in [0.25, 0.3) is 0 Å². The van der Waals surface area contributed by atoms with E-state index in [1.165, 1.54) is 27.8 Å². The van der Waals surface area contributed by atoms with Crippen LogP contribution in [0, 0.1) is 5.82 Å². The smallest absolute Gasteiger partial charge is 0.266 e. The highest BCUT2D eigenvalue weighted by Crippen LogP contribution is 2.38. The molecule has 21 heavy (non-hydrogen) atoms. The van der Waals surface area contributed by atoms with Gasteiger partial charge in [-0.3, -0.25) is 4.31 Å². The quantitative estimate of drug-likeness (QED) is 0.875. The molecule has 0 bridgehead atoms. The van der Waals surface area contributed by atoms with Crippen LogP contribution >= 0.6 is 27.3 Å². The van der Waals surface area contributed by atoms with Crippen LogP contribution in [0.1, 0.15) is 10.4 Å². The number of anilines is 1. The van der Waals surface area contributed by atoms with Crippen LogP contribution in [0.2, 0.25) is 0 Å². The second-order valence-corrected chi connectivity index (χ2v) is 8.94. The Bertz CT molecular complexity index is 804. The summed E-state index contributed by atoms with van der Waals surface area (Å²) in [7, 11) is -3.71. The molecule has 0 amide bonds. The van der Waals surface area contributed by atoms with Crippen molar-refractivity contribution in [2.24, 2.45) is 5.73 Å². The summed E-state index contributed by atoms with van der Waals surface area (Å²) >= 11 is 4.57. The molecule has 0 spiro atoms. The SMILES string of the molecule is NCc1cc(S(=O)(=O)N2CCc3ccc(F)cc32)c(Br)s1. The average molecular weight is 391 g/mol. The lowest BCUT2D eigenvalue weighted by Crippen LogP contribution is -2.29. The van der Waals surface area contributed by atoms with Crippen molar-refractivity contribution >= 4 is 43.0 Å². The molecule has 112 valence electrons. The molecule has 8 heteroatoms. The number of nitrogens with zero attached hydrogens (tertiary/aromatic N) is 1. The Morgan fingerprint density at radius 3 is 2.81 bits per heavy atom. The summed E-state index contributed by atoms with van der Waals surface area (Å²) in [6.45, 7) is 0.603. The number of hydrogen-bond donors (Lipinski definition) is 1. The van der Waals surface area contributed by atoms with Gasteiger partial charge in [0.05, 0.1) is 9.47 Å². The molecule has 4 nitrogen and oxygen atoms in total. The summed E-state index contributed by atoms with van der Waals surface area (Å²) in [5.41, 5.74) is 6.81. The van der Waals surface area contributed by atoms with Gasteiger partial charge in [-0.05, 0) is 46.1 Å². The molecule has 0 aliphatic carbocycles. The predicted molar refractivity (Wildman–Crippen MR) is 84.5 cm³/mol. The van der Waals surface area contributed by atoms with Crippen molar-refractivity contribution in [1.29, 1.82) is 0 Å². The molecule has 2 N–H and O–H groups in total. The maximum atomic E-state index is 13.4. The van der Waals surface area contributed by atoms with Crippen LogP contribution in [-0.4, -0.2) is 15.0 Å². The van der Waals surface area contributed by atoms with Crippen molar-refractivity contribution in [3.63, 3.8) is 0 Å². The number of sulfonamides is 1. The average Bonchev–Trinajstić information content (AvgIpc) is 3.02. The van der Waals surface area contributed by atoms with E-state index in [-0.39, 0.29) is 11.4 Å². The standard InChI is InChI=1S/C13H12BrFN2O2S2/c14-13-12(6-10(7-16)20-13)21(18,19)17-4-3-8-1-2-9(15)5-11(8)17/h1-2,5-6H,3-4,7,16H2. The molecule has 1 aliphatic heterocycles. The van der Waals surface area contributed by atoms with Crippen molar-refractivity contribution in [3.8, 4) is 0 Å². The predicted octanol–water partition coefficient (Wildman–Crippen LogP) is 2.86. The van der Waals surface area contributed by atoms with Crippen LogP contribution < -0.4 is 10.0 Å². The second-order valence-electron chi connectivity index (χ2n) is 4.66. The van der Waals surface area contributed by atoms with Gasteiger partial charge in [-0.25, -0.2) is 12.8 Å². The minimum atomic E-state index is -3.71. The van der Waals surface area contributed by atoms with Crippen molar-refractivity contribution < 1.29 is 12.8 Å². The van der Waals surface area contributed by atoms with Gasteiger partial charge in [0.2, 0.25) is 0 Å². The zero-order valence-corrected chi connectivity index (χ0v) is 14.1. The van der Waals surface area contributed by atoms with E-state index in [4.69, 9.17) is 5.73 Å². The third-order valence-corrected chi connectivity index (χ3v) is 7.46. The number of benzene rings is 1. The number of thiophene rings is 1. The molecule has 3 rings (SSSR count). The fourth-order valence-electron chi connectivity index (χ4n) is 2.37. The summed E-state index contributed by atoms with van der Waals surface area (Å²) in [5, 5.41) is 0. The third-order valence-electron chi connectivity index (χ3n) is 3.38. The summed E-state index contributed by atoms with van der Waals surface area (Å²) < 4.78 is 40.8. The summed E-state index contributed by atoms with van der Waals surface area (Å²) in [6, 6.07) is 5.82. The van der Waals surface area contributed by atoms with E-state index < -0.39 is 15.8 Å². The molecule has 0 saturated heterocycles. The van der Waals surface area contributed by atoms with Crippen LogP contribution in [0.4, 0.5) is 10.1 Å². The van der Waals surface area contributed by atoms with Crippen molar-refractivity contribution in [3.05, 3.63) is 44.3 Å². The Morgan fingerprint density at radius 2 is 2.14 bits per heavy atom. The first-order chi connectivity index (χ1) is 9.93. The molecule has 1 aromatic carbocycles. The van der Waals surface area contributed by atoms with Crippen molar-refractivity contribution in [2.75, 3.05) is 10.8 Å². The molecule has 1 aromatic heterocycles. The van der Waals surface area contributed by atoms with Crippen LogP contribution in [0.15, 0.2) is 32.9 Å². The van der Waals surface area contributed by atoms with Gasteiger partial charge in [0.15, 0.2) is 0 Å².